The van der Waals surface area contributed by atoms with Gasteiger partial charge in [0.1, 0.15) is 17.6 Å². The largest absolute Gasteiger partial charge is 0.495 e. The molecule has 1 aliphatic heterocycles. The standard InChI is InChI=1S/C26H27FN4O3/c1-4-24(32)30-25-18-14-17(9-8-16(18)10-11-23(25)34-3)20-6-5-7-22(28-20)26(33)29-21-12-13-31(2)15-19(21)27/h4-11,14,19,21H,1,12-13,15H2,2-3H3,(H,29,33)(H,30,32)/t19-,21?/m0/s1. The topological polar surface area (TPSA) is 83.6 Å². The summed E-state index contributed by atoms with van der Waals surface area (Å²) in [5.74, 6) is -0.242. The summed E-state index contributed by atoms with van der Waals surface area (Å²) in [6.45, 7) is 4.53. The van der Waals surface area contributed by atoms with Crippen LogP contribution in [0.5, 0.6) is 5.75 Å². The average Bonchev–Trinajstić information content (AvgIpc) is 2.85. The van der Waals surface area contributed by atoms with Gasteiger partial charge in [-0.05, 0) is 49.2 Å². The Morgan fingerprint density at radius 1 is 1.24 bits per heavy atom. The second-order valence-corrected chi connectivity index (χ2v) is 8.33. The lowest BCUT2D eigenvalue weighted by Gasteiger charge is -2.32. The Hall–Kier alpha value is -3.78. The van der Waals surface area contributed by atoms with Crippen LogP contribution >= 0.6 is 0 Å². The fourth-order valence-corrected chi connectivity index (χ4v) is 4.12. The number of carbonyl (C=O) groups is 2. The minimum absolute atomic E-state index is 0.217. The first-order chi connectivity index (χ1) is 16.4. The van der Waals surface area contributed by atoms with Gasteiger partial charge >= 0.3 is 0 Å². The monoisotopic (exact) mass is 462 g/mol. The van der Waals surface area contributed by atoms with Gasteiger partial charge in [0, 0.05) is 24.0 Å². The minimum atomic E-state index is -1.12. The van der Waals surface area contributed by atoms with Crippen molar-refractivity contribution in [1.29, 1.82) is 0 Å². The second-order valence-electron chi connectivity index (χ2n) is 8.33. The number of amides is 2. The van der Waals surface area contributed by atoms with E-state index in [9.17, 15) is 14.0 Å². The molecule has 1 aromatic heterocycles. The summed E-state index contributed by atoms with van der Waals surface area (Å²) in [5.41, 5.74) is 2.08. The average molecular weight is 463 g/mol. The van der Waals surface area contributed by atoms with Gasteiger partial charge in [-0.25, -0.2) is 9.37 Å². The van der Waals surface area contributed by atoms with E-state index in [2.05, 4.69) is 22.2 Å². The molecule has 2 atom stereocenters. The number of nitrogens with zero attached hydrogens (tertiary/aromatic N) is 2. The summed E-state index contributed by atoms with van der Waals surface area (Å²) >= 11 is 0. The number of methoxy groups -OCH3 is 1. The molecule has 2 aromatic carbocycles. The predicted molar refractivity (Wildman–Crippen MR) is 131 cm³/mol. The van der Waals surface area contributed by atoms with Crippen molar-refractivity contribution in [2.24, 2.45) is 0 Å². The van der Waals surface area contributed by atoms with Crippen molar-refractivity contribution >= 4 is 28.3 Å². The zero-order valence-electron chi connectivity index (χ0n) is 19.2. The zero-order chi connectivity index (χ0) is 24.2. The zero-order valence-corrected chi connectivity index (χ0v) is 19.2. The van der Waals surface area contributed by atoms with Crippen molar-refractivity contribution in [3.05, 3.63) is 66.9 Å². The summed E-state index contributed by atoms with van der Waals surface area (Å²) in [7, 11) is 3.40. The van der Waals surface area contributed by atoms with Crippen molar-refractivity contribution < 1.29 is 18.7 Å². The highest BCUT2D eigenvalue weighted by atomic mass is 19.1. The van der Waals surface area contributed by atoms with Gasteiger partial charge < -0.3 is 20.3 Å². The number of fused-ring (bicyclic) bond motifs is 1. The Bertz CT molecular complexity index is 1250. The van der Waals surface area contributed by atoms with E-state index in [1.807, 2.05) is 36.2 Å². The molecular formula is C26H27FN4O3. The molecule has 1 aliphatic rings. The minimum Gasteiger partial charge on any atom is -0.495 e. The molecule has 0 bridgehead atoms. The van der Waals surface area contributed by atoms with Gasteiger partial charge in [0.25, 0.3) is 5.91 Å². The molecule has 0 aliphatic carbocycles. The Balaban J connectivity index is 1.65. The number of likely N-dealkylation sites (tertiary alicyclic amines) is 1. The lowest BCUT2D eigenvalue weighted by Crippen LogP contribution is -2.51. The number of carbonyl (C=O) groups excluding carboxylic acids is 2. The molecule has 0 saturated carbocycles. The maximum absolute atomic E-state index is 14.4. The summed E-state index contributed by atoms with van der Waals surface area (Å²) < 4.78 is 19.8. The number of nitrogens with one attached hydrogen (secondary N) is 2. The van der Waals surface area contributed by atoms with E-state index in [0.717, 1.165) is 22.9 Å². The van der Waals surface area contributed by atoms with Crippen molar-refractivity contribution in [2.75, 3.05) is 32.6 Å². The number of anilines is 1. The first-order valence-electron chi connectivity index (χ1n) is 11.0. The number of benzene rings is 2. The molecule has 8 heteroatoms. The maximum atomic E-state index is 14.4. The third-order valence-corrected chi connectivity index (χ3v) is 5.98. The molecule has 0 radical (unpaired) electrons. The van der Waals surface area contributed by atoms with Gasteiger partial charge in [0.2, 0.25) is 5.91 Å². The van der Waals surface area contributed by atoms with Crippen LogP contribution in [0.15, 0.2) is 61.2 Å². The number of ether oxygens (including phenoxy) is 1. The number of aromatic nitrogens is 1. The van der Waals surface area contributed by atoms with E-state index in [-0.39, 0.29) is 11.6 Å². The van der Waals surface area contributed by atoms with Crippen molar-refractivity contribution in [3.8, 4) is 17.0 Å². The number of pyridine rings is 1. The molecule has 1 saturated heterocycles. The highest BCUT2D eigenvalue weighted by Crippen LogP contribution is 2.35. The lowest BCUT2D eigenvalue weighted by molar-refractivity contribution is -0.111. The molecule has 4 rings (SSSR count). The smallest absolute Gasteiger partial charge is 0.270 e. The van der Waals surface area contributed by atoms with Crippen LogP contribution in [0, 0.1) is 0 Å². The summed E-state index contributed by atoms with van der Waals surface area (Å²) in [5, 5.41) is 7.26. The summed E-state index contributed by atoms with van der Waals surface area (Å²) in [4.78, 5) is 31.2. The van der Waals surface area contributed by atoms with Crippen molar-refractivity contribution in [2.45, 2.75) is 18.6 Å². The molecule has 1 unspecified atom stereocenters. The number of rotatable bonds is 6. The van der Waals surface area contributed by atoms with Crippen LogP contribution in [0.1, 0.15) is 16.9 Å². The van der Waals surface area contributed by atoms with Crippen LogP contribution < -0.4 is 15.4 Å². The molecule has 176 valence electrons. The molecule has 3 aromatic rings. The fourth-order valence-electron chi connectivity index (χ4n) is 4.12. The first-order valence-corrected chi connectivity index (χ1v) is 11.0. The van der Waals surface area contributed by atoms with Gasteiger partial charge in [0.15, 0.2) is 0 Å². The van der Waals surface area contributed by atoms with E-state index < -0.39 is 18.1 Å². The number of hydrogen-bond donors (Lipinski definition) is 2. The highest BCUT2D eigenvalue weighted by molar-refractivity contribution is 6.08. The first kappa shape index (κ1) is 23.4. The molecule has 2 amide bonds. The molecule has 34 heavy (non-hydrogen) atoms. The fraction of sp³-hybridized carbons (Fsp3) is 0.269. The quantitative estimate of drug-likeness (QED) is 0.545. The second kappa shape index (κ2) is 10.0. The van der Waals surface area contributed by atoms with E-state index >= 15 is 0 Å². The van der Waals surface area contributed by atoms with E-state index in [1.54, 1.807) is 24.3 Å². The van der Waals surface area contributed by atoms with E-state index in [1.165, 1.54) is 13.2 Å². The third-order valence-electron chi connectivity index (χ3n) is 5.98. The number of alkyl halides is 1. The normalized spacial score (nSPS) is 18.3. The Morgan fingerprint density at radius 3 is 2.76 bits per heavy atom. The van der Waals surface area contributed by atoms with Crippen LogP contribution in [-0.4, -0.2) is 61.2 Å². The summed E-state index contributed by atoms with van der Waals surface area (Å²) in [6, 6.07) is 14.0. The lowest BCUT2D eigenvalue weighted by atomic mass is 10.0. The molecule has 0 spiro atoms. The van der Waals surface area contributed by atoms with Crippen LogP contribution in [0.4, 0.5) is 10.1 Å². The number of halogens is 1. The van der Waals surface area contributed by atoms with Gasteiger partial charge in [-0.2, -0.15) is 0 Å². The molecule has 2 N–H and O–H groups in total. The maximum Gasteiger partial charge on any atom is 0.270 e. The molecule has 7 nitrogen and oxygen atoms in total. The number of hydrogen-bond acceptors (Lipinski definition) is 5. The van der Waals surface area contributed by atoms with Crippen LogP contribution in [0.3, 0.4) is 0 Å². The van der Waals surface area contributed by atoms with Gasteiger partial charge in [0.05, 0.1) is 24.5 Å². The molecular weight excluding hydrogens is 435 g/mol. The van der Waals surface area contributed by atoms with Crippen LogP contribution in [0.25, 0.3) is 22.0 Å². The Labute approximate surface area is 197 Å². The molecule has 2 heterocycles. The van der Waals surface area contributed by atoms with Gasteiger partial charge in [-0.3, -0.25) is 9.59 Å². The number of piperidine rings is 1. The summed E-state index contributed by atoms with van der Waals surface area (Å²) in [6.07, 6.45) is 0.623. The van der Waals surface area contributed by atoms with Gasteiger partial charge in [-0.15, -0.1) is 0 Å². The highest BCUT2D eigenvalue weighted by Gasteiger charge is 2.29. The third kappa shape index (κ3) is 4.92. The van der Waals surface area contributed by atoms with E-state index in [0.29, 0.717) is 30.1 Å². The van der Waals surface area contributed by atoms with Gasteiger partial charge in [-0.1, -0.05) is 30.8 Å². The van der Waals surface area contributed by atoms with Crippen LogP contribution in [-0.2, 0) is 4.79 Å². The SMILES string of the molecule is C=CC(=O)Nc1c(OC)ccc2ccc(-c3cccc(C(=O)NC4CCN(C)C[C@@H]4F)n3)cc12. The molecule has 1 fully saturated rings. The van der Waals surface area contributed by atoms with Crippen molar-refractivity contribution in [1.82, 2.24) is 15.2 Å². The predicted octanol–water partition coefficient (Wildman–Crippen LogP) is 3.81. The van der Waals surface area contributed by atoms with E-state index in [4.69, 9.17) is 4.74 Å². The van der Waals surface area contributed by atoms with Crippen LogP contribution in [0.2, 0.25) is 0 Å². The Morgan fingerprint density at radius 2 is 2.03 bits per heavy atom. The Kier molecular flexibility index (Phi) is 6.88. The van der Waals surface area contributed by atoms with Crippen molar-refractivity contribution in [3.63, 3.8) is 0 Å².